The highest BCUT2D eigenvalue weighted by atomic mass is 31.2. The lowest BCUT2D eigenvalue weighted by Gasteiger charge is -2.31. The fraction of sp³-hybridized carbons (Fsp3) is 0.412. The standard InChI is InChI=1S/C34H43O3P/c1-36-34(33(35)37-28-29-20-12-7-5-3-2-4-6-8-13-21-29)38(30-22-14-9-15-23-30,31-24-16-10-17-25-31)32-26-18-11-19-27-32/h9-11,14-19,22-27,29H,2-8,12-13,20-21,28H2,1H3. The smallest absolute Gasteiger partial charge is 0.362 e. The molecule has 1 aliphatic carbocycles. The first-order valence-electron chi connectivity index (χ1n) is 14.4. The second kappa shape index (κ2) is 15.1. The van der Waals surface area contributed by atoms with E-state index in [0.717, 1.165) is 28.8 Å². The first kappa shape index (κ1) is 28.4. The molecule has 0 N–H and O–H groups in total. The number of hydrogen-bond acceptors (Lipinski definition) is 3. The Morgan fingerprint density at radius 3 is 1.37 bits per heavy atom. The SMILES string of the molecule is COC(C(=O)OCC1CCCCCCCCCCC1)=P(c1ccccc1)(c1ccccc1)c1ccccc1. The summed E-state index contributed by atoms with van der Waals surface area (Å²) in [4.78, 5) is 14.0. The molecule has 0 unspecified atom stereocenters. The predicted octanol–water partition coefficient (Wildman–Crippen LogP) is 7.22. The number of carbonyl (C=O) groups is 1. The predicted molar refractivity (Wildman–Crippen MR) is 162 cm³/mol. The minimum absolute atomic E-state index is 0.330. The molecule has 1 aliphatic rings. The van der Waals surface area contributed by atoms with Gasteiger partial charge in [0.05, 0.1) is 6.61 Å². The van der Waals surface area contributed by atoms with Crippen LogP contribution >= 0.6 is 6.89 Å². The molecule has 0 atom stereocenters. The van der Waals surface area contributed by atoms with Crippen LogP contribution in [-0.4, -0.2) is 25.2 Å². The van der Waals surface area contributed by atoms with E-state index in [2.05, 4.69) is 36.4 Å². The molecule has 0 saturated heterocycles. The third-order valence-corrected chi connectivity index (χ3v) is 12.0. The number of esters is 1. The first-order valence-corrected chi connectivity index (χ1v) is 16.2. The van der Waals surface area contributed by atoms with Crippen molar-refractivity contribution < 1.29 is 14.3 Å². The molecule has 0 radical (unpaired) electrons. The van der Waals surface area contributed by atoms with Crippen LogP contribution in [-0.2, 0) is 14.3 Å². The van der Waals surface area contributed by atoms with Crippen LogP contribution in [0.4, 0.5) is 0 Å². The Hall–Kier alpha value is -2.61. The summed E-state index contributed by atoms with van der Waals surface area (Å²) in [6.45, 7) is -2.15. The number of hydrogen-bond donors (Lipinski definition) is 0. The number of methoxy groups -OCH3 is 1. The van der Waals surface area contributed by atoms with E-state index in [9.17, 15) is 4.79 Å². The van der Waals surface area contributed by atoms with E-state index in [1.165, 1.54) is 57.8 Å². The van der Waals surface area contributed by atoms with E-state index in [4.69, 9.17) is 9.47 Å². The maximum Gasteiger partial charge on any atom is 0.362 e. The molecule has 0 bridgehead atoms. The lowest BCUT2D eigenvalue weighted by Crippen LogP contribution is -2.35. The van der Waals surface area contributed by atoms with Gasteiger partial charge in [0, 0.05) is 14.0 Å². The van der Waals surface area contributed by atoms with Crippen molar-refractivity contribution in [2.75, 3.05) is 13.7 Å². The van der Waals surface area contributed by atoms with Crippen LogP contribution in [0.2, 0.25) is 0 Å². The molecule has 38 heavy (non-hydrogen) atoms. The van der Waals surface area contributed by atoms with Gasteiger partial charge in [-0.25, -0.2) is 4.79 Å². The van der Waals surface area contributed by atoms with E-state index >= 15 is 0 Å². The molecule has 3 aromatic rings. The zero-order chi connectivity index (χ0) is 26.5. The largest absolute Gasteiger partial charge is 0.460 e. The maximum atomic E-state index is 14.0. The van der Waals surface area contributed by atoms with Crippen LogP contribution < -0.4 is 15.9 Å². The van der Waals surface area contributed by atoms with Crippen molar-refractivity contribution in [2.45, 2.75) is 70.6 Å². The fourth-order valence-corrected chi connectivity index (χ4v) is 9.85. The molecule has 202 valence electrons. The zero-order valence-corrected chi connectivity index (χ0v) is 23.8. The summed E-state index contributed by atoms with van der Waals surface area (Å²) in [6.07, 6.45) is 14.0. The topological polar surface area (TPSA) is 35.5 Å². The van der Waals surface area contributed by atoms with E-state index in [-0.39, 0.29) is 5.97 Å². The number of ether oxygens (including phenoxy) is 2. The van der Waals surface area contributed by atoms with Crippen molar-refractivity contribution in [2.24, 2.45) is 5.92 Å². The summed E-state index contributed by atoms with van der Waals surface area (Å²) >= 11 is 0. The van der Waals surface area contributed by atoms with Gasteiger partial charge in [-0.05, 0) is 34.7 Å². The van der Waals surface area contributed by atoms with Crippen molar-refractivity contribution in [1.82, 2.24) is 0 Å². The highest BCUT2D eigenvalue weighted by molar-refractivity contribution is 7.96. The summed E-state index contributed by atoms with van der Waals surface area (Å²) in [5.41, 5.74) is 0.411. The molecule has 0 amide bonds. The molecule has 1 fully saturated rings. The molecule has 4 rings (SSSR count). The molecule has 3 aromatic carbocycles. The Labute approximate surface area is 229 Å². The second-order valence-electron chi connectivity index (χ2n) is 10.4. The normalized spacial score (nSPS) is 16.1. The van der Waals surface area contributed by atoms with Gasteiger partial charge in [-0.3, -0.25) is 0 Å². The minimum Gasteiger partial charge on any atom is -0.460 e. The molecular weight excluding hydrogens is 487 g/mol. The summed E-state index contributed by atoms with van der Waals surface area (Å²) in [7, 11) is 1.62. The van der Waals surface area contributed by atoms with Gasteiger partial charge >= 0.3 is 5.97 Å². The van der Waals surface area contributed by atoms with Crippen LogP contribution in [0.3, 0.4) is 0 Å². The van der Waals surface area contributed by atoms with Gasteiger partial charge in [-0.15, -0.1) is 0 Å². The molecule has 0 heterocycles. The van der Waals surface area contributed by atoms with Crippen molar-refractivity contribution >= 4 is 34.2 Å². The zero-order valence-electron chi connectivity index (χ0n) is 22.9. The molecular formula is C34H43O3P. The van der Waals surface area contributed by atoms with Gasteiger partial charge < -0.3 is 9.47 Å². The molecule has 0 spiro atoms. The Morgan fingerprint density at radius 1 is 0.632 bits per heavy atom. The number of benzene rings is 3. The Balaban J connectivity index is 1.72. The van der Waals surface area contributed by atoms with E-state index in [1.807, 2.05) is 54.6 Å². The van der Waals surface area contributed by atoms with E-state index in [0.29, 0.717) is 18.0 Å². The van der Waals surface area contributed by atoms with Gasteiger partial charge in [0.15, 0.2) is 5.48 Å². The van der Waals surface area contributed by atoms with E-state index < -0.39 is 6.89 Å². The van der Waals surface area contributed by atoms with Crippen LogP contribution in [0.25, 0.3) is 0 Å². The molecule has 0 aromatic heterocycles. The summed E-state index contributed by atoms with van der Waals surface area (Å²) in [6, 6.07) is 31.0. The highest BCUT2D eigenvalue weighted by Gasteiger charge is 2.34. The van der Waals surface area contributed by atoms with E-state index in [1.54, 1.807) is 7.11 Å². The number of carbonyl (C=O) groups excluding carboxylic acids is 1. The third kappa shape index (κ3) is 7.07. The second-order valence-corrected chi connectivity index (χ2v) is 13.7. The first-order chi connectivity index (χ1) is 18.8. The van der Waals surface area contributed by atoms with Crippen LogP contribution in [0.15, 0.2) is 91.0 Å². The lowest BCUT2D eigenvalue weighted by molar-refractivity contribution is -0.138. The fourth-order valence-electron chi connectivity index (χ4n) is 5.78. The van der Waals surface area contributed by atoms with Crippen molar-refractivity contribution in [3.8, 4) is 0 Å². The van der Waals surface area contributed by atoms with Gasteiger partial charge in [-0.1, -0.05) is 149 Å². The van der Waals surface area contributed by atoms with Gasteiger partial charge in [0.25, 0.3) is 0 Å². The average molecular weight is 531 g/mol. The molecule has 4 heteroatoms. The van der Waals surface area contributed by atoms with Crippen LogP contribution in [0, 0.1) is 5.92 Å². The summed E-state index contributed by atoms with van der Waals surface area (Å²) in [5, 5.41) is 3.24. The highest BCUT2D eigenvalue weighted by Crippen LogP contribution is 2.46. The summed E-state index contributed by atoms with van der Waals surface area (Å²) in [5.74, 6) is 0.0814. The molecule has 1 saturated carbocycles. The minimum atomic E-state index is -2.61. The quantitative estimate of drug-likeness (QED) is 0.239. The average Bonchev–Trinajstić information content (AvgIpc) is 2.97. The monoisotopic (exact) mass is 530 g/mol. The van der Waals surface area contributed by atoms with Gasteiger partial charge in [-0.2, -0.15) is 0 Å². The Bertz CT molecular complexity index is 1040. The van der Waals surface area contributed by atoms with Crippen molar-refractivity contribution in [3.05, 3.63) is 91.0 Å². The van der Waals surface area contributed by atoms with Crippen molar-refractivity contribution in [1.29, 1.82) is 0 Å². The molecule has 0 aliphatic heterocycles. The van der Waals surface area contributed by atoms with Crippen molar-refractivity contribution in [3.63, 3.8) is 0 Å². The maximum absolute atomic E-state index is 14.0. The van der Waals surface area contributed by atoms with Gasteiger partial charge in [0.1, 0.15) is 0 Å². The molecule has 3 nitrogen and oxygen atoms in total. The number of rotatable bonds is 7. The summed E-state index contributed by atoms with van der Waals surface area (Å²) < 4.78 is 12.2. The Kier molecular flexibility index (Phi) is 11.3. The Morgan fingerprint density at radius 2 is 1.00 bits per heavy atom. The van der Waals surface area contributed by atoms with Gasteiger partial charge in [0.2, 0.25) is 0 Å². The van der Waals surface area contributed by atoms with Crippen LogP contribution in [0.1, 0.15) is 70.6 Å². The van der Waals surface area contributed by atoms with Crippen LogP contribution in [0.5, 0.6) is 0 Å². The lowest BCUT2D eigenvalue weighted by atomic mass is 9.93. The third-order valence-electron chi connectivity index (χ3n) is 7.78.